The third-order valence-corrected chi connectivity index (χ3v) is 8.10. The van der Waals surface area contributed by atoms with Crippen molar-refractivity contribution in [1.82, 2.24) is 0 Å². The number of carbonyl (C=O) groups excluding carboxylic acids is 1. The third-order valence-electron chi connectivity index (χ3n) is 8.10. The molecule has 7 nitrogen and oxygen atoms in total. The van der Waals surface area contributed by atoms with Crippen molar-refractivity contribution < 1.29 is 35.1 Å². The molecule has 2 unspecified atom stereocenters. The lowest BCUT2D eigenvalue weighted by molar-refractivity contribution is 0.0245. The molecular formula is C36H56O7. The molecular weight excluding hydrogens is 544 g/mol. The second-order valence-electron chi connectivity index (χ2n) is 12.1. The molecule has 0 fully saturated rings. The lowest BCUT2D eigenvalue weighted by Gasteiger charge is -2.20. The summed E-state index contributed by atoms with van der Waals surface area (Å²) in [4.78, 5) is 13.3. The molecule has 43 heavy (non-hydrogen) atoms. The van der Waals surface area contributed by atoms with Gasteiger partial charge in [0.05, 0.1) is 6.10 Å². The molecule has 0 aliphatic rings. The van der Waals surface area contributed by atoms with Crippen LogP contribution in [0.3, 0.4) is 0 Å². The zero-order valence-corrected chi connectivity index (χ0v) is 26.5. The molecule has 0 saturated carbocycles. The van der Waals surface area contributed by atoms with Crippen LogP contribution in [0.4, 0.5) is 0 Å². The highest BCUT2D eigenvalue weighted by molar-refractivity contribution is 5.94. The first-order valence-corrected chi connectivity index (χ1v) is 16.7. The summed E-state index contributed by atoms with van der Waals surface area (Å²) in [6.45, 7) is 4.19. The Hall–Kier alpha value is -2.93. The van der Waals surface area contributed by atoms with Crippen molar-refractivity contribution in [3.05, 3.63) is 47.0 Å². The molecule has 0 radical (unpaired) electrons. The SMILES string of the molecule is CCCCC(CCCCCCCc1cc(O)cc(O)c1)OC(=O)c1c(O)cc(O)cc1CCCCCCCC(O)CCC. The monoisotopic (exact) mass is 600 g/mol. The summed E-state index contributed by atoms with van der Waals surface area (Å²) in [6, 6.07) is 7.48. The molecule has 0 aliphatic carbocycles. The summed E-state index contributed by atoms with van der Waals surface area (Å²) in [5, 5.41) is 49.8. The molecule has 2 rings (SSSR count). The smallest absolute Gasteiger partial charge is 0.342 e. The van der Waals surface area contributed by atoms with Crippen molar-refractivity contribution >= 4 is 5.97 Å². The zero-order chi connectivity index (χ0) is 31.5. The lowest BCUT2D eigenvalue weighted by Crippen LogP contribution is -2.20. The van der Waals surface area contributed by atoms with Gasteiger partial charge in [0.25, 0.3) is 0 Å². The average Bonchev–Trinajstić information content (AvgIpc) is 2.94. The van der Waals surface area contributed by atoms with E-state index in [1.807, 2.05) is 0 Å². The van der Waals surface area contributed by atoms with Crippen LogP contribution in [0, 0.1) is 0 Å². The molecule has 5 N–H and O–H groups in total. The number of phenols is 4. The van der Waals surface area contributed by atoms with Crippen LogP contribution in [0.5, 0.6) is 23.0 Å². The summed E-state index contributed by atoms with van der Waals surface area (Å²) in [5.74, 6) is -0.647. The molecule has 2 aromatic rings. The number of benzene rings is 2. The van der Waals surface area contributed by atoms with Gasteiger partial charge in [-0.1, -0.05) is 78.1 Å². The Balaban J connectivity index is 1.81. The van der Waals surface area contributed by atoms with Crippen LogP contribution in [-0.2, 0) is 17.6 Å². The molecule has 0 bridgehead atoms. The minimum absolute atomic E-state index is 0.0580. The number of aliphatic hydroxyl groups is 1. The molecule has 242 valence electrons. The van der Waals surface area contributed by atoms with Gasteiger partial charge in [-0.3, -0.25) is 0 Å². The number of hydrogen-bond donors (Lipinski definition) is 5. The minimum atomic E-state index is -0.520. The number of aliphatic hydroxyl groups excluding tert-OH is 1. The largest absolute Gasteiger partial charge is 0.508 e. The highest BCUT2D eigenvalue weighted by Gasteiger charge is 2.22. The van der Waals surface area contributed by atoms with Crippen LogP contribution in [0.1, 0.15) is 144 Å². The molecule has 0 aliphatic heterocycles. The highest BCUT2D eigenvalue weighted by Crippen LogP contribution is 2.31. The number of phenolic OH excluding ortho intramolecular Hbond substituents is 4. The van der Waals surface area contributed by atoms with Crippen molar-refractivity contribution in [3.63, 3.8) is 0 Å². The average molecular weight is 601 g/mol. The molecule has 0 amide bonds. The lowest BCUT2D eigenvalue weighted by atomic mass is 9.98. The van der Waals surface area contributed by atoms with Crippen molar-refractivity contribution in [2.75, 3.05) is 0 Å². The fourth-order valence-corrected chi connectivity index (χ4v) is 5.74. The molecule has 2 atom stereocenters. The fraction of sp³-hybridized carbons (Fsp3) is 0.639. The molecule has 0 spiro atoms. The summed E-state index contributed by atoms with van der Waals surface area (Å²) in [6.07, 6.45) is 17.2. The van der Waals surface area contributed by atoms with E-state index in [1.165, 1.54) is 12.1 Å². The van der Waals surface area contributed by atoms with Crippen LogP contribution in [0.2, 0.25) is 0 Å². The summed E-state index contributed by atoms with van der Waals surface area (Å²) < 4.78 is 5.96. The van der Waals surface area contributed by atoms with E-state index >= 15 is 0 Å². The Kier molecular flexibility index (Phi) is 17.6. The normalized spacial score (nSPS) is 12.7. The number of hydrogen-bond acceptors (Lipinski definition) is 7. The number of esters is 1. The molecule has 0 saturated heterocycles. The van der Waals surface area contributed by atoms with E-state index in [0.717, 1.165) is 121 Å². The van der Waals surface area contributed by atoms with Crippen LogP contribution in [0.15, 0.2) is 30.3 Å². The first-order valence-electron chi connectivity index (χ1n) is 16.7. The third kappa shape index (κ3) is 14.9. The number of unbranched alkanes of at least 4 members (excludes halogenated alkanes) is 9. The van der Waals surface area contributed by atoms with E-state index in [4.69, 9.17) is 4.74 Å². The predicted octanol–water partition coefficient (Wildman–Crippen LogP) is 8.85. The number of aromatic hydroxyl groups is 4. The van der Waals surface area contributed by atoms with Gasteiger partial charge in [-0.2, -0.15) is 0 Å². The maximum atomic E-state index is 13.3. The molecule has 0 heterocycles. The van der Waals surface area contributed by atoms with Crippen LogP contribution in [-0.4, -0.2) is 43.7 Å². The highest BCUT2D eigenvalue weighted by atomic mass is 16.5. The molecule has 0 aromatic heterocycles. The van der Waals surface area contributed by atoms with Gasteiger partial charge in [-0.25, -0.2) is 4.79 Å². The van der Waals surface area contributed by atoms with Crippen LogP contribution in [0.25, 0.3) is 0 Å². The number of ether oxygens (including phenoxy) is 1. The van der Waals surface area contributed by atoms with Gasteiger partial charge in [0.2, 0.25) is 0 Å². The Bertz CT molecular complexity index is 1050. The Morgan fingerprint density at radius 1 is 0.628 bits per heavy atom. The maximum Gasteiger partial charge on any atom is 0.342 e. The van der Waals surface area contributed by atoms with Crippen molar-refractivity contribution in [1.29, 1.82) is 0 Å². The van der Waals surface area contributed by atoms with Crippen molar-refractivity contribution in [2.24, 2.45) is 0 Å². The van der Waals surface area contributed by atoms with Crippen LogP contribution < -0.4 is 0 Å². The van der Waals surface area contributed by atoms with Gasteiger partial charge < -0.3 is 30.3 Å². The van der Waals surface area contributed by atoms with Crippen molar-refractivity contribution in [3.8, 4) is 23.0 Å². The quantitative estimate of drug-likeness (QED) is 0.0637. The fourth-order valence-electron chi connectivity index (χ4n) is 5.74. The van der Waals surface area contributed by atoms with E-state index in [1.54, 1.807) is 18.2 Å². The van der Waals surface area contributed by atoms with E-state index in [-0.39, 0.29) is 40.8 Å². The first kappa shape index (κ1) is 36.3. The molecule has 7 heteroatoms. The van der Waals surface area contributed by atoms with E-state index in [9.17, 15) is 30.3 Å². The Labute approximate surface area is 258 Å². The topological polar surface area (TPSA) is 127 Å². The summed E-state index contributed by atoms with van der Waals surface area (Å²) >= 11 is 0. The number of aryl methyl sites for hydroxylation is 2. The van der Waals surface area contributed by atoms with Gasteiger partial charge in [0.15, 0.2) is 0 Å². The molecule has 2 aromatic carbocycles. The van der Waals surface area contributed by atoms with E-state index in [2.05, 4.69) is 13.8 Å². The van der Waals surface area contributed by atoms with Gasteiger partial charge >= 0.3 is 5.97 Å². The first-order chi connectivity index (χ1) is 20.7. The van der Waals surface area contributed by atoms with Gasteiger partial charge in [0.1, 0.15) is 34.7 Å². The second kappa shape index (κ2) is 20.9. The van der Waals surface area contributed by atoms with Gasteiger partial charge in [0, 0.05) is 12.1 Å². The Morgan fingerprint density at radius 2 is 1.19 bits per heavy atom. The standard InChI is InChI=1S/C36H56O7/c1-3-5-20-33(21-15-11-6-8-12-17-27-22-30(38)25-31(39)23-27)43-36(42)35-28(24-32(40)26-34(35)41)18-13-9-7-10-14-19-29(37)16-4-2/h22-26,29,33,37-41H,3-21H2,1-2H3. The second-order valence-corrected chi connectivity index (χ2v) is 12.1. The minimum Gasteiger partial charge on any atom is -0.508 e. The predicted molar refractivity (Wildman–Crippen MR) is 172 cm³/mol. The Morgan fingerprint density at radius 3 is 1.84 bits per heavy atom. The van der Waals surface area contributed by atoms with Crippen LogP contribution >= 0.6 is 0 Å². The van der Waals surface area contributed by atoms with Crippen molar-refractivity contribution in [2.45, 2.75) is 148 Å². The summed E-state index contributed by atoms with van der Waals surface area (Å²) in [5.41, 5.74) is 1.72. The van der Waals surface area contributed by atoms with Gasteiger partial charge in [-0.05, 0) is 87.1 Å². The number of carbonyl (C=O) groups is 1. The maximum absolute atomic E-state index is 13.3. The van der Waals surface area contributed by atoms with Gasteiger partial charge in [-0.15, -0.1) is 0 Å². The van der Waals surface area contributed by atoms with E-state index in [0.29, 0.717) is 12.0 Å². The zero-order valence-electron chi connectivity index (χ0n) is 26.5. The van der Waals surface area contributed by atoms with E-state index < -0.39 is 5.97 Å². The number of rotatable bonds is 23. The summed E-state index contributed by atoms with van der Waals surface area (Å²) in [7, 11) is 0.